The standard InChI is InChI=1S/C18H28N2O3S/c1-14-4-5-15(2)16(10-14)12-20-8-7-18(13-20)11-17(6-9-23-18)19-24(3,21)22/h4-5,10,17,19H,6-9,11-13H2,1-3H3/t17-,18+/m1/s1. The van der Waals surface area contributed by atoms with Crippen LogP contribution in [0.3, 0.4) is 0 Å². The average molecular weight is 353 g/mol. The van der Waals surface area contributed by atoms with Gasteiger partial charge in [0, 0.05) is 32.3 Å². The molecule has 0 radical (unpaired) electrons. The maximum atomic E-state index is 11.5. The molecular formula is C18H28N2O3S. The van der Waals surface area contributed by atoms with Gasteiger partial charge in [-0.05, 0) is 44.2 Å². The fourth-order valence-corrected chi connectivity index (χ4v) is 4.80. The van der Waals surface area contributed by atoms with Crippen molar-refractivity contribution in [2.45, 2.75) is 51.3 Å². The molecule has 0 saturated carbocycles. The fraction of sp³-hybridized carbons (Fsp3) is 0.667. The molecule has 2 heterocycles. The Morgan fingerprint density at radius 3 is 2.92 bits per heavy atom. The minimum atomic E-state index is -3.16. The first-order valence-electron chi connectivity index (χ1n) is 8.64. The predicted molar refractivity (Wildman–Crippen MR) is 95.5 cm³/mol. The van der Waals surface area contributed by atoms with Crippen molar-refractivity contribution >= 4 is 10.0 Å². The number of nitrogens with zero attached hydrogens (tertiary/aromatic N) is 1. The minimum Gasteiger partial charge on any atom is -0.373 e. The van der Waals surface area contributed by atoms with Gasteiger partial charge in [-0.2, -0.15) is 0 Å². The van der Waals surface area contributed by atoms with Gasteiger partial charge in [-0.3, -0.25) is 4.90 Å². The highest BCUT2D eigenvalue weighted by Gasteiger charge is 2.43. The van der Waals surface area contributed by atoms with E-state index in [1.807, 2.05) is 0 Å². The number of hydrogen-bond donors (Lipinski definition) is 1. The molecule has 2 fully saturated rings. The van der Waals surface area contributed by atoms with E-state index in [4.69, 9.17) is 4.74 Å². The van der Waals surface area contributed by atoms with Gasteiger partial charge < -0.3 is 4.74 Å². The van der Waals surface area contributed by atoms with Crippen LogP contribution in [0.2, 0.25) is 0 Å². The van der Waals surface area contributed by atoms with Crippen LogP contribution in [0.4, 0.5) is 0 Å². The molecule has 1 aromatic carbocycles. The van der Waals surface area contributed by atoms with Crippen molar-refractivity contribution in [3.8, 4) is 0 Å². The van der Waals surface area contributed by atoms with Crippen LogP contribution in [0.5, 0.6) is 0 Å². The van der Waals surface area contributed by atoms with E-state index in [9.17, 15) is 8.42 Å². The van der Waals surface area contributed by atoms with Gasteiger partial charge >= 0.3 is 0 Å². The number of rotatable bonds is 4. The van der Waals surface area contributed by atoms with Crippen molar-refractivity contribution < 1.29 is 13.2 Å². The van der Waals surface area contributed by atoms with E-state index < -0.39 is 10.0 Å². The smallest absolute Gasteiger partial charge is 0.208 e. The Balaban J connectivity index is 1.64. The number of nitrogens with one attached hydrogen (secondary N) is 1. The second-order valence-electron chi connectivity index (χ2n) is 7.50. The summed E-state index contributed by atoms with van der Waals surface area (Å²) in [7, 11) is -3.16. The Hall–Kier alpha value is -0.950. The molecule has 134 valence electrons. The number of likely N-dealkylation sites (tertiary alicyclic amines) is 1. The minimum absolute atomic E-state index is 0.00518. The summed E-state index contributed by atoms with van der Waals surface area (Å²) < 4.78 is 31.9. The topological polar surface area (TPSA) is 58.6 Å². The zero-order valence-electron chi connectivity index (χ0n) is 14.8. The Labute approximate surface area is 145 Å². The number of ether oxygens (including phenoxy) is 1. The molecule has 2 aliphatic rings. The summed E-state index contributed by atoms with van der Waals surface area (Å²) in [5.74, 6) is 0. The monoisotopic (exact) mass is 352 g/mol. The summed E-state index contributed by atoms with van der Waals surface area (Å²) in [4.78, 5) is 2.44. The zero-order chi connectivity index (χ0) is 17.4. The number of hydrogen-bond acceptors (Lipinski definition) is 4. The first kappa shape index (κ1) is 17.9. The van der Waals surface area contributed by atoms with Crippen molar-refractivity contribution in [2.75, 3.05) is 26.0 Å². The van der Waals surface area contributed by atoms with Gasteiger partial charge in [-0.15, -0.1) is 0 Å². The van der Waals surface area contributed by atoms with Gasteiger partial charge in [0.1, 0.15) is 0 Å². The van der Waals surface area contributed by atoms with Crippen molar-refractivity contribution in [1.82, 2.24) is 9.62 Å². The highest BCUT2D eigenvalue weighted by molar-refractivity contribution is 7.88. The highest BCUT2D eigenvalue weighted by atomic mass is 32.2. The summed E-state index contributed by atoms with van der Waals surface area (Å²) in [5.41, 5.74) is 3.78. The number of aryl methyl sites for hydroxylation is 2. The molecule has 2 aliphatic heterocycles. The lowest BCUT2D eigenvalue weighted by molar-refractivity contribution is -0.0779. The van der Waals surface area contributed by atoms with E-state index in [0.29, 0.717) is 6.61 Å². The summed E-state index contributed by atoms with van der Waals surface area (Å²) in [6.07, 6.45) is 3.73. The summed E-state index contributed by atoms with van der Waals surface area (Å²) in [6.45, 7) is 7.72. The number of benzene rings is 1. The zero-order valence-corrected chi connectivity index (χ0v) is 15.7. The SMILES string of the molecule is Cc1ccc(C)c(CN2CC[C@]3(C[C@H](NS(C)(=O)=O)CCO3)C2)c1. The van der Waals surface area contributed by atoms with Gasteiger partial charge in [0.2, 0.25) is 10.0 Å². The van der Waals surface area contributed by atoms with Crippen molar-refractivity contribution in [3.63, 3.8) is 0 Å². The molecule has 2 atom stereocenters. The molecule has 24 heavy (non-hydrogen) atoms. The summed E-state index contributed by atoms with van der Waals surface area (Å²) >= 11 is 0. The molecule has 5 nitrogen and oxygen atoms in total. The van der Waals surface area contributed by atoms with E-state index in [0.717, 1.165) is 38.9 Å². The summed E-state index contributed by atoms with van der Waals surface area (Å²) in [6, 6.07) is 6.58. The van der Waals surface area contributed by atoms with Crippen LogP contribution in [-0.4, -0.2) is 50.9 Å². The lowest BCUT2D eigenvalue weighted by Crippen LogP contribution is -2.49. The van der Waals surface area contributed by atoms with Crippen LogP contribution in [-0.2, 0) is 21.3 Å². The average Bonchev–Trinajstić information content (AvgIpc) is 2.83. The van der Waals surface area contributed by atoms with E-state index in [1.165, 1.54) is 22.9 Å². The normalized spacial score (nSPS) is 28.5. The van der Waals surface area contributed by atoms with E-state index in [-0.39, 0.29) is 11.6 Å². The van der Waals surface area contributed by atoms with Gasteiger partial charge in [0.15, 0.2) is 0 Å². The Bertz CT molecular complexity index is 704. The van der Waals surface area contributed by atoms with Gasteiger partial charge in [0.05, 0.1) is 11.9 Å². The van der Waals surface area contributed by atoms with Crippen LogP contribution >= 0.6 is 0 Å². The predicted octanol–water partition coefficient (Wildman–Crippen LogP) is 1.98. The van der Waals surface area contributed by atoms with Crippen LogP contribution < -0.4 is 4.72 Å². The van der Waals surface area contributed by atoms with Crippen LogP contribution in [0.15, 0.2) is 18.2 Å². The molecular weight excluding hydrogens is 324 g/mol. The second-order valence-corrected chi connectivity index (χ2v) is 9.28. The molecule has 0 aliphatic carbocycles. The van der Waals surface area contributed by atoms with Crippen LogP contribution in [0, 0.1) is 13.8 Å². The van der Waals surface area contributed by atoms with Crippen molar-refractivity contribution in [3.05, 3.63) is 34.9 Å². The van der Waals surface area contributed by atoms with Gasteiger partial charge in [-0.1, -0.05) is 23.8 Å². The Morgan fingerprint density at radius 1 is 1.38 bits per heavy atom. The van der Waals surface area contributed by atoms with E-state index in [2.05, 4.69) is 41.7 Å². The first-order valence-corrected chi connectivity index (χ1v) is 10.5. The maximum absolute atomic E-state index is 11.5. The molecule has 6 heteroatoms. The molecule has 2 saturated heterocycles. The van der Waals surface area contributed by atoms with Gasteiger partial charge in [-0.25, -0.2) is 13.1 Å². The molecule has 0 amide bonds. The van der Waals surface area contributed by atoms with Crippen LogP contribution in [0.1, 0.15) is 36.0 Å². The second kappa shape index (κ2) is 6.75. The third-order valence-corrected chi connectivity index (χ3v) is 5.93. The van der Waals surface area contributed by atoms with Gasteiger partial charge in [0.25, 0.3) is 0 Å². The maximum Gasteiger partial charge on any atom is 0.208 e. The van der Waals surface area contributed by atoms with E-state index >= 15 is 0 Å². The Morgan fingerprint density at radius 2 is 2.17 bits per heavy atom. The third-order valence-electron chi connectivity index (χ3n) is 5.17. The fourth-order valence-electron chi connectivity index (χ4n) is 3.99. The Kier molecular flexibility index (Phi) is 5.02. The third kappa shape index (κ3) is 4.36. The molecule has 0 unspecified atom stereocenters. The largest absolute Gasteiger partial charge is 0.373 e. The molecule has 0 aromatic heterocycles. The molecule has 0 bridgehead atoms. The van der Waals surface area contributed by atoms with E-state index in [1.54, 1.807) is 0 Å². The molecule has 3 rings (SSSR count). The molecule has 1 N–H and O–H groups in total. The highest BCUT2D eigenvalue weighted by Crippen LogP contribution is 2.35. The quantitative estimate of drug-likeness (QED) is 0.900. The number of sulfonamides is 1. The first-order chi connectivity index (χ1) is 11.2. The van der Waals surface area contributed by atoms with Crippen molar-refractivity contribution in [2.24, 2.45) is 0 Å². The molecule has 1 spiro atoms. The van der Waals surface area contributed by atoms with Crippen molar-refractivity contribution in [1.29, 1.82) is 0 Å². The van der Waals surface area contributed by atoms with Crippen LogP contribution in [0.25, 0.3) is 0 Å². The molecule has 1 aromatic rings. The summed E-state index contributed by atoms with van der Waals surface area (Å²) in [5, 5.41) is 0. The lowest BCUT2D eigenvalue weighted by atomic mass is 9.90. The lowest BCUT2D eigenvalue weighted by Gasteiger charge is -2.38.